The van der Waals surface area contributed by atoms with Gasteiger partial charge in [-0.3, -0.25) is 4.79 Å². The predicted octanol–water partition coefficient (Wildman–Crippen LogP) is 3.60. The quantitative estimate of drug-likeness (QED) is 0.660. The van der Waals surface area contributed by atoms with Crippen LogP contribution >= 0.6 is 11.8 Å². The Morgan fingerprint density at radius 3 is 2.12 bits per heavy atom. The number of hydrogen-bond acceptors (Lipinski definition) is 6. The number of halogens is 1. The number of carbonyl (C=O) groups is 1. The van der Waals surface area contributed by atoms with Crippen LogP contribution in [0.25, 0.3) is 0 Å². The van der Waals surface area contributed by atoms with Crippen LogP contribution in [0, 0.1) is 5.92 Å². The van der Waals surface area contributed by atoms with Crippen molar-refractivity contribution in [3.63, 3.8) is 0 Å². The van der Waals surface area contributed by atoms with Gasteiger partial charge in [-0.15, -0.1) is 11.8 Å². The van der Waals surface area contributed by atoms with E-state index in [9.17, 15) is 9.18 Å². The fourth-order valence-electron chi connectivity index (χ4n) is 3.48. The highest BCUT2D eigenvalue weighted by atomic mass is 32.2. The van der Waals surface area contributed by atoms with Crippen molar-refractivity contribution < 1.29 is 13.9 Å². The smallest absolute Gasteiger partial charge is 0.267 e. The van der Waals surface area contributed by atoms with E-state index in [2.05, 4.69) is 54.8 Å². The van der Waals surface area contributed by atoms with E-state index in [0.29, 0.717) is 25.4 Å². The number of morpholine rings is 1. The molecule has 0 aliphatic carbocycles. The number of benzene rings is 1. The number of thioether (sulfide) groups is 1. The maximum Gasteiger partial charge on any atom is 0.267 e. The van der Waals surface area contributed by atoms with Crippen LogP contribution in [-0.4, -0.2) is 81.1 Å². The fourth-order valence-corrected chi connectivity index (χ4v) is 4.11. The van der Waals surface area contributed by atoms with Crippen molar-refractivity contribution in [3.05, 3.63) is 24.3 Å². The average Bonchev–Trinajstić information content (AvgIpc) is 3.09. The topological polar surface area (TPSA) is 62.0 Å². The van der Waals surface area contributed by atoms with Gasteiger partial charge in [0.2, 0.25) is 5.50 Å². The van der Waals surface area contributed by atoms with E-state index in [1.54, 1.807) is 4.90 Å². The third-order valence-corrected chi connectivity index (χ3v) is 6.76. The minimum atomic E-state index is -1.51. The van der Waals surface area contributed by atoms with Gasteiger partial charge >= 0.3 is 0 Å². The van der Waals surface area contributed by atoms with Gasteiger partial charge in [-0.2, -0.15) is 0 Å². The summed E-state index contributed by atoms with van der Waals surface area (Å²) in [6, 6.07) is 8.57. The maximum atomic E-state index is 14.0. The number of hydrogen-bond donors (Lipinski definition) is 1. The van der Waals surface area contributed by atoms with Crippen LogP contribution in [0.4, 0.5) is 15.8 Å². The Morgan fingerprint density at radius 1 is 1.03 bits per heavy atom. The summed E-state index contributed by atoms with van der Waals surface area (Å²) >= 11 is 0.987. The third-order valence-electron chi connectivity index (χ3n) is 5.79. The molecule has 2 heterocycles. The molecule has 32 heavy (non-hydrogen) atoms. The van der Waals surface area contributed by atoms with Crippen LogP contribution < -0.4 is 15.5 Å². The summed E-state index contributed by atoms with van der Waals surface area (Å²) in [5, 5.41) is 0. The van der Waals surface area contributed by atoms with E-state index in [4.69, 9.17) is 10.5 Å². The highest BCUT2D eigenvalue weighted by Crippen LogP contribution is 2.23. The molecule has 1 amide bonds. The minimum Gasteiger partial charge on any atom is -0.378 e. The Kier molecular flexibility index (Phi) is 12.2. The Balaban J connectivity index is 0.000000654. The predicted molar refractivity (Wildman–Crippen MR) is 134 cm³/mol. The second kappa shape index (κ2) is 14.6. The summed E-state index contributed by atoms with van der Waals surface area (Å²) < 4.78 is 19.4. The minimum absolute atomic E-state index is 0.382. The first-order valence-electron chi connectivity index (χ1n) is 11.9. The van der Waals surface area contributed by atoms with Gasteiger partial charge in [0, 0.05) is 62.9 Å². The molecule has 0 aromatic heterocycles. The number of rotatable bonds is 7. The molecule has 8 heteroatoms. The molecule has 0 spiro atoms. The lowest BCUT2D eigenvalue weighted by molar-refractivity contribution is -0.133. The molecule has 2 fully saturated rings. The van der Waals surface area contributed by atoms with E-state index in [0.717, 1.165) is 69.2 Å². The van der Waals surface area contributed by atoms with Gasteiger partial charge in [-0.25, -0.2) is 4.39 Å². The number of nitrogens with zero attached hydrogens (tertiary/aromatic N) is 3. The summed E-state index contributed by atoms with van der Waals surface area (Å²) in [4.78, 5) is 18.5. The number of ether oxygens (including phenoxy) is 1. The van der Waals surface area contributed by atoms with Gasteiger partial charge in [0.05, 0.1) is 13.2 Å². The monoisotopic (exact) mass is 468 g/mol. The number of anilines is 2. The molecular weight excluding hydrogens is 427 g/mol. The summed E-state index contributed by atoms with van der Waals surface area (Å²) in [6.45, 7) is 13.2. The molecule has 1 unspecified atom stereocenters. The van der Waals surface area contributed by atoms with Crippen LogP contribution in [0.3, 0.4) is 0 Å². The molecule has 1 aromatic carbocycles. The van der Waals surface area contributed by atoms with Crippen molar-refractivity contribution in [3.8, 4) is 0 Å². The summed E-state index contributed by atoms with van der Waals surface area (Å²) in [7, 11) is 0. The molecule has 1 atom stereocenters. The third kappa shape index (κ3) is 8.79. The maximum absolute atomic E-state index is 14.0. The molecule has 2 saturated heterocycles. The van der Waals surface area contributed by atoms with Gasteiger partial charge < -0.3 is 25.2 Å². The standard InChI is InChI=1S/C19H29FN4O2S.C5H12/c20-18(27-15-6-21)19(25)24-8-1-7-22(9-10-24)16-2-4-17(5-3-16)23-11-13-26-14-12-23;1-4-5(2)3/h2-5,18H,1,6-15,21H2;5H,4H2,1-3H3. The normalized spacial score (nSPS) is 18.1. The van der Waals surface area contributed by atoms with Gasteiger partial charge in [-0.05, 0) is 36.6 Å². The van der Waals surface area contributed by atoms with Gasteiger partial charge in [0.1, 0.15) is 0 Å². The lowest BCUT2D eigenvalue weighted by atomic mass is 10.2. The number of amides is 1. The Labute approximate surface area is 197 Å². The lowest BCUT2D eigenvalue weighted by Crippen LogP contribution is -2.39. The number of carbonyl (C=O) groups excluding carboxylic acids is 1. The number of alkyl halides is 1. The summed E-state index contributed by atoms with van der Waals surface area (Å²) in [5.74, 6) is 0.926. The molecule has 2 N–H and O–H groups in total. The Hall–Kier alpha value is -1.51. The fraction of sp³-hybridized carbons (Fsp3) is 0.708. The average molecular weight is 469 g/mol. The zero-order valence-electron chi connectivity index (χ0n) is 20.0. The molecule has 3 rings (SSSR count). The Morgan fingerprint density at radius 2 is 1.59 bits per heavy atom. The van der Waals surface area contributed by atoms with Crippen LogP contribution in [0.2, 0.25) is 0 Å². The van der Waals surface area contributed by atoms with Gasteiger partial charge in [0.15, 0.2) is 0 Å². The molecule has 0 bridgehead atoms. The van der Waals surface area contributed by atoms with Crippen molar-refractivity contribution in [1.82, 2.24) is 4.90 Å². The highest BCUT2D eigenvalue weighted by Gasteiger charge is 2.26. The van der Waals surface area contributed by atoms with Crippen LogP contribution in [0.5, 0.6) is 0 Å². The second-order valence-corrected chi connectivity index (χ2v) is 9.71. The molecule has 1 aromatic rings. The van der Waals surface area contributed by atoms with E-state index < -0.39 is 11.4 Å². The first-order chi connectivity index (χ1) is 15.5. The van der Waals surface area contributed by atoms with E-state index in [1.807, 2.05) is 0 Å². The first-order valence-corrected chi connectivity index (χ1v) is 12.9. The van der Waals surface area contributed by atoms with E-state index in [-0.39, 0.29) is 0 Å². The molecule has 182 valence electrons. The SMILES string of the molecule is CCC(C)C.NCCSC(F)C(=O)N1CCCN(c2ccc(N3CCOCC3)cc2)CC1. The largest absolute Gasteiger partial charge is 0.378 e. The van der Waals surface area contributed by atoms with Crippen molar-refractivity contribution in [2.45, 2.75) is 39.1 Å². The van der Waals surface area contributed by atoms with Crippen LogP contribution in [-0.2, 0) is 9.53 Å². The summed E-state index contributed by atoms with van der Waals surface area (Å²) in [5.41, 5.74) is 6.25. The van der Waals surface area contributed by atoms with Crippen molar-refractivity contribution in [2.75, 3.05) is 74.6 Å². The highest BCUT2D eigenvalue weighted by molar-refractivity contribution is 8.00. The first kappa shape index (κ1) is 26.7. The van der Waals surface area contributed by atoms with Crippen molar-refractivity contribution in [2.24, 2.45) is 11.7 Å². The molecule has 0 saturated carbocycles. The van der Waals surface area contributed by atoms with Crippen LogP contribution in [0.15, 0.2) is 24.3 Å². The molecule has 2 aliphatic heterocycles. The van der Waals surface area contributed by atoms with Crippen molar-refractivity contribution in [1.29, 1.82) is 0 Å². The second-order valence-electron chi connectivity index (χ2n) is 8.56. The lowest BCUT2D eigenvalue weighted by Gasteiger charge is -2.30. The number of nitrogens with two attached hydrogens (primary N) is 1. The molecule has 2 aliphatic rings. The molecule has 6 nitrogen and oxygen atoms in total. The molecule has 0 radical (unpaired) electrons. The van der Waals surface area contributed by atoms with E-state index in [1.165, 1.54) is 12.1 Å². The zero-order valence-corrected chi connectivity index (χ0v) is 20.8. The molecular formula is C24H41FN4O2S. The van der Waals surface area contributed by atoms with Gasteiger partial charge in [0.25, 0.3) is 5.91 Å². The van der Waals surface area contributed by atoms with E-state index >= 15 is 0 Å². The zero-order chi connectivity index (χ0) is 23.3. The Bertz CT molecular complexity index is 656. The van der Waals surface area contributed by atoms with Crippen molar-refractivity contribution >= 4 is 29.0 Å². The summed E-state index contributed by atoms with van der Waals surface area (Å²) in [6.07, 6.45) is 2.14. The van der Waals surface area contributed by atoms with Crippen LogP contribution in [0.1, 0.15) is 33.6 Å². The van der Waals surface area contributed by atoms with Gasteiger partial charge in [-0.1, -0.05) is 27.2 Å².